The predicted octanol–water partition coefficient (Wildman–Crippen LogP) is 4.54. The number of amides is 1. The van der Waals surface area contributed by atoms with Crippen LogP contribution in [0.1, 0.15) is 11.1 Å². The smallest absolute Gasteiger partial charge is 0.248 e. The summed E-state index contributed by atoms with van der Waals surface area (Å²) in [7, 11) is 1.66. The summed E-state index contributed by atoms with van der Waals surface area (Å²) in [6.45, 7) is 0.679. The molecule has 0 heterocycles. The zero-order chi connectivity index (χ0) is 19.8. The molecule has 0 radical (unpaired) electrons. The van der Waals surface area contributed by atoms with Gasteiger partial charge in [-0.2, -0.15) is 0 Å². The summed E-state index contributed by atoms with van der Waals surface area (Å²) in [6.07, 6.45) is 3.26. The fourth-order valence-corrected chi connectivity index (χ4v) is 2.69. The Balaban J connectivity index is 1.56. The third-order valence-electron chi connectivity index (χ3n) is 4.22. The van der Waals surface area contributed by atoms with Crippen LogP contribution < -0.4 is 21.1 Å². The monoisotopic (exact) mass is 373 g/mol. The van der Waals surface area contributed by atoms with Gasteiger partial charge >= 0.3 is 0 Å². The second-order valence-electron chi connectivity index (χ2n) is 6.21. The fraction of sp³-hybridized carbons (Fsp3) is 0.0870. The zero-order valence-corrected chi connectivity index (χ0v) is 15.7. The molecule has 0 aliphatic heterocycles. The number of benzene rings is 3. The van der Waals surface area contributed by atoms with Crippen molar-refractivity contribution in [1.29, 1.82) is 0 Å². The maximum absolute atomic E-state index is 12.0. The van der Waals surface area contributed by atoms with Crippen LogP contribution in [0.2, 0.25) is 0 Å². The van der Waals surface area contributed by atoms with Crippen LogP contribution in [0.5, 0.6) is 5.75 Å². The number of ether oxygens (including phenoxy) is 1. The Morgan fingerprint density at radius 3 is 2.36 bits per heavy atom. The predicted molar refractivity (Wildman–Crippen MR) is 115 cm³/mol. The van der Waals surface area contributed by atoms with Crippen molar-refractivity contribution in [1.82, 2.24) is 0 Å². The second-order valence-corrected chi connectivity index (χ2v) is 6.21. The van der Waals surface area contributed by atoms with Crippen LogP contribution in [0.4, 0.5) is 17.1 Å². The lowest BCUT2D eigenvalue weighted by molar-refractivity contribution is -0.111. The quantitative estimate of drug-likeness (QED) is 0.420. The third-order valence-corrected chi connectivity index (χ3v) is 4.22. The van der Waals surface area contributed by atoms with E-state index in [1.165, 1.54) is 6.08 Å². The van der Waals surface area contributed by atoms with E-state index in [1.54, 1.807) is 25.3 Å². The first-order valence-corrected chi connectivity index (χ1v) is 8.95. The van der Waals surface area contributed by atoms with Crippen molar-refractivity contribution in [2.24, 2.45) is 0 Å². The summed E-state index contributed by atoms with van der Waals surface area (Å²) in [5.74, 6) is 0.590. The average molecular weight is 373 g/mol. The zero-order valence-electron chi connectivity index (χ0n) is 15.7. The first-order chi connectivity index (χ1) is 13.7. The maximum Gasteiger partial charge on any atom is 0.248 e. The van der Waals surface area contributed by atoms with Crippen molar-refractivity contribution in [3.63, 3.8) is 0 Å². The third kappa shape index (κ3) is 5.14. The highest BCUT2D eigenvalue weighted by Crippen LogP contribution is 2.23. The highest BCUT2D eigenvalue weighted by molar-refractivity contribution is 6.03. The number of carbonyl (C=O) groups excluding carboxylic acids is 1. The first kappa shape index (κ1) is 19.0. The van der Waals surface area contributed by atoms with Crippen LogP contribution in [0.3, 0.4) is 0 Å². The second kappa shape index (κ2) is 9.28. The molecule has 3 aromatic carbocycles. The molecular formula is C23H23N3O2. The number of hydrogen-bond donors (Lipinski definition) is 3. The lowest BCUT2D eigenvalue weighted by atomic mass is 10.1. The van der Waals surface area contributed by atoms with Crippen molar-refractivity contribution in [2.75, 3.05) is 23.5 Å². The molecule has 0 spiro atoms. The Morgan fingerprint density at radius 2 is 1.64 bits per heavy atom. The van der Waals surface area contributed by atoms with E-state index < -0.39 is 0 Å². The summed E-state index contributed by atoms with van der Waals surface area (Å²) in [5.41, 5.74) is 9.99. The minimum absolute atomic E-state index is 0.222. The SMILES string of the molecule is COc1ccccc1NCc1ccc(/C=C\C(=O)Nc2ccccc2N)cc1. The van der Waals surface area contributed by atoms with E-state index in [9.17, 15) is 4.79 Å². The largest absolute Gasteiger partial charge is 0.495 e. The molecule has 5 heteroatoms. The number of carbonyl (C=O) groups is 1. The van der Waals surface area contributed by atoms with Gasteiger partial charge in [-0.25, -0.2) is 0 Å². The number of para-hydroxylation sites is 4. The number of rotatable bonds is 7. The van der Waals surface area contributed by atoms with Gasteiger partial charge in [0.25, 0.3) is 0 Å². The van der Waals surface area contributed by atoms with Crippen molar-refractivity contribution in [3.05, 3.63) is 90.0 Å². The number of anilines is 3. The van der Waals surface area contributed by atoms with Crippen molar-refractivity contribution >= 4 is 29.0 Å². The lowest BCUT2D eigenvalue weighted by Gasteiger charge is -2.11. The normalized spacial score (nSPS) is 10.6. The summed E-state index contributed by atoms with van der Waals surface area (Å²) >= 11 is 0. The van der Waals surface area contributed by atoms with E-state index >= 15 is 0 Å². The highest BCUT2D eigenvalue weighted by Gasteiger charge is 2.02. The van der Waals surface area contributed by atoms with E-state index in [2.05, 4.69) is 10.6 Å². The Labute approximate surface area is 164 Å². The molecule has 0 bridgehead atoms. The average Bonchev–Trinajstić information content (AvgIpc) is 2.73. The molecule has 4 N–H and O–H groups in total. The minimum Gasteiger partial charge on any atom is -0.495 e. The maximum atomic E-state index is 12.0. The van der Waals surface area contributed by atoms with Gasteiger partial charge in [0.2, 0.25) is 5.91 Å². The van der Waals surface area contributed by atoms with E-state index in [0.29, 0.717) is 17.9 Å². The molecule has 1 amide bonds. The molecule has 0 unspecified atom stereocenters. The molecule has 142 valence electrons. The van der Waals surface area contributed by atoms with Crippen LogP contribution in [0, 0.1) is 0 Å². The summed E-state index contributed by atoms with van der Waals surface area (Å²) in [4.78, 5) is 12.0. The Bertz CT molecular complexity index is 966. The topological polar surface area (TPSA) is 76.4 Å². The highest BCUT2D eigenvalue weighted by atomic mass is 16.5. The van der Waals surface area contributed by atoms with Crippen molar-refractivity contribution < 1.29 is 9.53 Å². The Hall–Kier alpha value is -3.73. The van der Waals surface area contributed by atoms with Crippen molar-refractivity contribution in [2.45, 2.75) is 6.54 Å². The van der Waals surface area contributed by atoms with Gasteiger partial charge in [0.1, 0.15) is 5.75 Å². The minimum atomic E-state index is -0.222. The van der Waals surface area contributed by atoms with Crippen LogP contribution >= 0.6 is 0 Å². The molecule has 3 rings (SSSR count). The molecule has 0 aliphatic carbocycles. The number of methoxy groups -OCH3 is 1. The van der Waals surface area contributed by atoms with Crippen LogP contribution in [-0.2, 0) is 11.3 Å². The van der Waals surface area contributed by atoms with E-state index in [-0.39, 0.29) is 5.91 Å². The number of hydrogen-bond acceptors (Lipinski definition) is 4. The molecule has 0 saturated heterocycles. The van der Waals surface area contributed by atoms with Gasteiger partial charge in [-0.3, -0.25) is 4.79 Å². The first-order valence-electron chi connectivity index (χ1n) is 8.95. The number of nitrogens with one attached hydrogen (secondary N) is 2. The van der Waals surface area contributed by atoms with Gasteiger partial charge in [-0.05, 0) is 41.5 Å². The summed E-state index contributed by atoms with van der Waals surface area (Å²) < 4.78 is 5.34. The van der Waals surface area contributed by atoms with E-state index in [4.69, 9.17) is 10.5 Å². The molecular weight excluding hydrogens is 350 g/mol. The molecule has 5 nitrogen and oxygen atoms in total. The van der Waals surface area contributed by atoms with E-state index in [0.717, 1.165) is 22.6 Å². The molecule has 0 atom stereocenters. The molecule has 28 heavy (non-hydrogen) atoms. The number of nitrogens with two attached hydrogens (primary N) is 1. The number of nitrogen functional groups attached to an aromatic ring is 1. The Kier molecular flexibility index (Phi) is 6.31. The standard InChI is InChI=1S/C23H23N3O2/c1-28-22-9-5-4-8-21(22)25-16-18-12-10-17(11-13-18)14-15-23(27)26-20-7-3-2-6-19(20)24/h2-15,25H,16,24H2,1H3,(H,26,27)/b15-14-. The molecule has 0 aromatic heterocycles. The van der Waals surface area contributed by atoms with Gasteiger partial charge in [-0.1, -0.05) is 48.5 Å². The van der Waals surface area contributed by atoms with Gasteiger partial charge in [0.15, 0.2) is 0 Å². The van der Waals surface area contributed by atoms with Crippen molar-refractivity contribution in [3.8, 4) is 5.75 Å². The van der Waals surface area contributed by atoms with Gasteiger partial charge in [0, 0.05) is 12.6 Å². The van der Waals surface area contributed by atoms with Gasteiger partial charge in [-0.15, -0.1) is 0 Å². The summed E-state index contributed by atoms with van der Waals surface area (Å²) in [6, 6.07) is 23.0. The lowest BCUT2D eigenvalue weighted by Crippen LogP contribution is -2.09. The molecule has 0 fully saturated rings. The summed E-state index contributed by atoms with van der Waals surface area (Å²) in [5, 5.41) is 6.13. The van der Waals surface area contributed by atoms with E-state index in [1.807, 2.05) is 60.7 Å². The van der Waals surface area contributed by atoms with Gasteiger partial charge in [0.05, 0.1) is 24.2 Å². The fourth-order valence-electron chi connectivity index (χ4n) is 2.69. The molecule has 0 saturated carbocycles. The van der Waals surface area contributed by atoms with Crippen LogP contribution in [-0.4, -0.2) is 13.0 Å². The molecule has 0 aliphatic rings. The van der Waals surface area contributed by atoms with Crippen LogP contribution in [0.25, 0.3) is 6.08 Å². The van der Waals surface area contributed by atoms with Gasteiger partial charge < -0.3 is 21.1 Å². The Morgan fingerprint density at radius 1 is 0.964 bits per heavy atom. The molecule has 3 aromatic rings. The van der Waals surface area contributed by atoms with Crippen LogP contribution in [0.15, 0.2) is 78.9 Å².